The molecule has 0 spiro atoms. The number of nitrogens with zero attached hydrogens (tertiary/aromatic N) is 2. The van der Waals surface area contributed by atoms with Gasteiger partial charge >= 0.3 is 0 Å². The van der Waals surface area contributed by atoms with Crippen LogP contribution in [0.15, 0.2) is 24.5 Å². The first-order valence-electron chi connectivity index (χ1n) is 5.69. The van der Waals surface area contributed by atoms with Crippen molar-refractivity contribution in [3.8, 4) is 6.07 Å². The third kappa shape index (κ3) is 2.54. The molecule has 0 atom stereocenters. The fourth-order valence-corrected chi connectivity index (χ4v) is 1.94. The number of aromatic nitrogens is 2. The highest BCUT2D eigenvalue weighted by atomic mass is 14.9. The molecule has 1 aromatic heterocycles. The SMILES string of the molecule is Cc1ccc(C)c(CCc2[nH]cnc2C#N)c1. The minimum Gasteiger partial charge on any atom is -0.347 e. The molecule has 0 aliphatic rings. The number of imidazole rings is 1. The lowest BCUT2D eigenvalue weighted by Crippen LogP contribution is -1.97. The zero-order valence-electron chi connectivity index (χ0n) is 10.1. The van der Waals surface area contributed by atoms with E-state index in [0.29, 0.717) is 5.69 Å². The summed E-state index contributed by atoms with van der Waals surface area (Å²) in [5, 5.41) is 8.87. The molecule has 0 unspecified atom stereocenters. The van der Waals surface area contributed by atoms with Crippen molar-refractivity contribution in [2.75, 3.05) is 0 Å². The predicted molar refractivity (Wildman–Crippen MR) is 66.6 cm³/mol. The van der Waals surface area contributed by atoms with Crippen molar-refractivity contribution in [3.63, 3.8) is 0 Å². The Labute approximate surface area is 101 Å². The van der Waals surface area contributed by atoms with Gasteiger partial charge in [0.2, 0.25) is 0 Å². The van der Waals surface area contributed by atoms with E-state index >= 15 is 0 Å². The Bertz CT molecular complexity index is 561. The van der Waals surface area contributed by atoms with Gasteiger partial charge in [0.15, 0.2) is 5.69 Å². The number of hydrogen-bond acceptors (Lipinski definition) is 2. The summed E-state index contributed by atoms with van der Waals surface area (Å²) in [6.45, 7) is 4.22. The molecule has 2 rings (SSSR count). The summed E-state index contributed by atoms with van der Waals surface area (Å²) < 4.78 is 0. The van der Waals surface area contributed by atoms with Crippen LogP contribution in [0, 0.1) is 25.2 Å². The number of nitrogens with one attached hydrogen (secondary N) is 1. The fraction of sp³-hybridized carbons (Fsp3) is 0.286. The van der Waals surface area contributed by atoms with Crippen LogP contribution < -0.4 is 0 Å². The molecular formula is C14H15N3. The van der Waals surface area contributed by atoms with Gasteiger partial charge in [0.05, 0.1) is 12.0 Å². The normalized spacial score (nSPS) is 10.2. The van der Waals surface area contributed by atoms with Gasteiger partial charge in [0.1, 0.15) is 6.07 Å². The molecule has 3 heteroatoms. The standard InChI is InChI=1S/C14H15N3/c1-10-3-4-11(2)12(7-10)5-6-13-14(8-15)17-9-16-13/h3-4,7,9H,5-6H2,1-2H3,(H,16,17). The third-order valence-corrected chi connectivity index (χ3v) is 2.97. The number of rotatable bonds is 3. The highest BCUT2D eigenvalue weighted by Gasteiger charge is 2.06. The van der Waals surface area contributed by atoms with Crippen molar-refractivity contribution in [2.24, 2.45) is 0 Å². The maximum Gasteiger partial charge on any atom is 0.161 e. The van der Waals surface area contributed by atoms with Gasteiger partial charge in [0, 0.05) is 0 Å². The number of aromatic amines is 1. The molecule has 0 bridgehead atoms. The topological polar surface area (TPSA) is 52.5 Å². The Balaban J connectivity index is 2.13. The van der Waals surface area contributed by atoms with Crippen molar-refractivity contribution < 1.29 is 0 Å². The van der Waals surface area contributed by atoms with E-state index in [0.717, 1.165) is 18.5 Å². The maximum atomic E-state index is 8.87. The Morgan fingerprint density at radius 3 is 2.88 bits per heavy atom. The molecule has 0 fully saturated rings. The van der Waals surface area contributed by atoms with Crippen LogP contribution in [-0.4, -0.2) is 9.97 Å². The van der Waals surface area contributed by atoms with Gasteiger partial charge in [-0.15, -0.1) is 0 Å². The monoisotopic (exact) mass is 225 g/mol. The lowest BCUT2D eigenvalue weighted by atomic mass is 10.0. The fourth-order valence-electron chi connectivity index (χ4n) is 1.94. The van der Waals surface area contributed by atoms with E-state index in [9.17, 15) is 0 Å². The minimum absolute atomic E-state index is 0.510. The van der Waals surface area contributed by atoms with Crippen molar-refractivity contribution in [1.29, 1.82) is 5.26 Å². The lowest BCUT2D eigenvalue weighted by Gasteiger charge is -2.06. The van der Waals surface area contributed by atoms with Crippen molar-refractivity contribution >= 4 is 0 Å². The lowest BCUT2D eigenvalue weighted by molar-refractivity contribution is 0.911. The molecule has 0 amide bonds. The second kappa shape index (κ2) is 4.84. The first-order chi connectivity index (χ1) is 8.20. The van der Waals surface area contributed by atoms with E-state index in [4.69, 9.17) is 5.26 Å². The number of H-pyrrole nitrogens is 1. The van der Waals surface area contributed by atoms with Crippen LogP contribution in [0.1, 0.15) is 28.1 Å². The van der Waals surface area contributed by atoms with Crippen LogP contribution in [0.4, 0.5) is 0 Å². The predicted octanol–water partition coefficient (Wildman–Crippen LogP) is 2.68. The van der Waals surface area contributed by atoms with Gasteiger partial charge in [-0.3, -0.25) is 0 Å². The summed E-state index contributed by atoms with van der Waals surface area (Å²) in [6, 6.07) is 8.56. The van der Waals surface area contributed by atoms with E-state index < -0.39 is 0 Å². The van der Waals surface area contributed by atoms with Gasteiger partial charge in [-0.2, -0.15) is 5.26 Å². The molecule has 86 valence electrons. The zero-order chi connectivity index (χ0) is 12.3. The van der Waals surface area contributed by atoms with Gasteiger partial charge in [0.25, 0.3) is 0 Å². The van der Waals surface area contributed by atoms with Crippen molar-refractivity contribution in [3.05, 3.63) is 52.6 Å². The summed E-state index contributed by atoms with van der Waals surface area (Å²) in [5.74, 6) is 0. The van der Waals surface area contributed by atoms with E-state index in [1.165, 1.54) is 16.7 Å². The van der Waals surface area contributed by atoms with E-state index in [-0.39, 0.29) is 0 Å². The molecule has 1 N–H and O–H groups in total. The third-order valence-electron chi connectivity index (χ3n) is 2.97. The Kier molecular flexibility index (Phi) is 3.24. The summed E-state index contributed by atoms with van der Waals surface area (Å²) in [4.78, 5) is 7.00. The summed E-state index contributed by atoms with van der Waals surface area (Å²) in [6.07, 6.45) is 3.34. The summed E-state index contributed by atoms with van der Waals surface area (Å²) in [5.41, 5.74) is 5.34. The van der Waals surface area contributed by atoms with Gasteiger partial charge < -0.3 is 4.98 Å². The summed E-state index contributed by atoms with van der Waals surface area (Å²) in [7, 11) is 0. The average molecular weight is 225 g/mol. The first-order valence-corrected chi connectivity index (χ1v) is 5.69. The molecule has 1 heterocycles. The Morgan fingerprint density at radius 2 is 2.12 bits per heavy atom. The molecule has 17 heavy (non-hydrogen) atoms. The Hall–Kier alpha value is -2.08. The highest BCUT2D eigenvalue weighted by molar-refractivity contribution is 5.32. The molecule has 2 aromatic rings. The summed E-state index contributed by atoms with van der Waals surface area (Å²) >= 11 is 0. The highest BCUT2D eigenvalue weighted by Crippen LogP contribution is 2.14. The van der Waals surface area contributed by atoms with Crippen LogP contribution in [-0.2, 0) is 12.8 Å². The van der Waals surface area contributed by atoms with Crippen LogP contribution in [0.25, 0.3) is 0 Å². The molecular weight excluding hydrogens is 210 g/mol. The number of aryl methyl sites for hydroxylation is 4. The van der Waals surface area contributed by atoms with Gasteiger partial charge in [-0.05, 0) is 37.8 Å². The molecule has 0 saturated heterocycles. The average Bonchev–Trinajstić information content (AvgIpc) is 2.77. The molecule has 0 radical (unpaired) electrons. The second-order valence-electron chi connectivity index (χ2n) is 4.27. The van der Waals surface area contributed by atoms with E-state index in [1.807, 2.05) is 0 Å². The van der Waals surface area contributed by atoms with Crippen LogP contribution in [0.5, 0.6) is 0 Å². The molecule has 1 aromatic carbocycles. The number of benzene rings is 1. The quantitative estimate of drug-likeness (QED) is 0.873. The van der Waals surface area contributed by atoms with E-state index in [2.05, 4.69) is 48.1 Å². The Morgan fingerprint density at radius 1 is 1.29 bits per heavy atom. The molecule has 3 nitrogen and oxygen atoms in total. The van der Waals surface area contributed by atoms with Crippen molar-refractivity contribution in [2.45, 2.75) is 26.7 Å². The van der Waals surface area contributed by atoms with E-state index in [1.54, 1.807) is 6.33 Å². The second-order valence-corrected chi connectivity index (χ2v) is 4.27. The number of nitriles is 1. The molecule has 0 aliphatic heterocycles. The molecule has 0 saturated carbocycles. The van der Waals surface area contributed by atoms with Crippen LogP contribution >= 0.6 is 0 Å². The van der Waals surface area contributed by atoms with Crippen LogP contribution in [0.2, 0.25) is 0 Å². The van der Waals surface area contributed by atoms with Crippen molar-refractivity contribution in [1.82, 2.24) is 9.97 Å². The zero-order valence-corrected chi connectivity index (χ0v) is 10.1. The smallest absolute Gasteiger partial charge is 0.161 e. The van der Waals surface area contributed by atoms with Gasteiger partial charge in [-0.1, -0.05) is 23.8 Å². The minimum atomic E-state index is 0.510. The number of hydrogen-bond donors (Lipinski definition) is 1. The van der Waals surface area contributed by atoms with Gasteiger partial charge in [-0.25, -0.2) is 4.98 Å². The largest absolute Gasteiger partial charge is 0.347 e. The van der Waals surface area contributed by atoms with Crippen LogP contribution in [0.3, 0.4) is 0 Å². The maximum absolute atomic E-state index is 8.87. The first kappa shape index (κ1) is 11.4. The molecule has 0 aliphatic carbocycles.